The van der Waals surface area contributed by atoms with Gasteiger partial charge in [-0.25, -0.2) is 9.18 Å². The Hall–Kier alpha value is -2.42. The van der Waals surface area contributed by atoms with E-state index in [1.165, 1.54) is 30.2 Å². The standard InChI is InChI=1S/C19H18F4N2O2S/c1-27-17-10-14(20)5-6-15(17)24-18(26)25-7-8-28-11-16(25)12-3-2-4-13(9-12)19(21,22)23/h2-6,9-10,16H,7-8,11H2,1H3,(H,24,26)/t16-/m0/s1. The third-order valence-electron chi connectivity index (χ3n) is 4.39. The Bertz CT molecular complexity index is 860. The van der Waals surface area contributed by atoms with Crippen LogP contribution in [0.15, 0.2) is 42.5 Å². The molecule has 9 heteroatoms. The molecule has 0 spiro atoms. The van der Waals surface area contributed by atoms with Crippen LogP contribution in [0.5, 0.6) is 5.75 Å². The summed E-state index contributed by atoms with van der Waals surface area (Å²) < 4.78 is 57.6. The summed E-state index contributed by atoms with van der Waals surface area (Å²) in [6, 6.07) is 7.74. The number of benzene rings is 2. The number of carbonyl (C=O) groups is 1. The summed E-state index contributed by atoms with van der Waals surface area (Å²) in [5, 5.41) is 2.67. The molecule has 0 unspecified atom stereocenters. The smallest absolute Gasteiger partial charge is 0.416 e. The first kappa shape index (κ1) is 20.3. The van der Waals surface area contributed by atoms with Crippen LogP contribution in [0.4, 0.5) is 28.0 Å². The maximum Gasteiger partial charge on any atom is 0.416 e. The summed E-state index contributed by atoms with van der Waals surface area (Å²) >= 11 is 1.57. The Kier molecular flexibility index (Phi) is 6.02. The molecule has 3 rings (SSSR count). The summed E-state index contributed by atoms with van der Waals surface area (Å²) in [5.74, 6) is 0.806. The molecule has 0 saturated carbocycles. The molecule has 1 fully saturated rings. The first-order valence-electron chi connectivity index (χ1n) is 8.45. The Balaban J connectivity index is 1.85. The fourth-order valence-electron chi connectivity index (χ4n) is 3.00. The molecule has 2 amide bonds. The molecule has 2 aromatic rings. The van der Waals surface area contributed by atoms with E-state index in [-0.39, 0.29) is 11.4 Å². The number of amides is 2. The van der Waals surface area contributed by atoms with Crippen LogP contribution in [0.3, 0.4) is 0 Å². The molecule has 1 atom stereocenters. The van der Waals surface area contributed by atoms with Gasteiger partial charge in [0.15, 0.2) is 0 Å². The van der Waals surface area contributed by atoms with Crippen LogP contribution in [0.1, 0.15) is 17.2 Å². The summed E-state index contributed by atoms with van der Waals surface area (Å²) in [4.78, 5) is 14.3. The minimum absolute atomic E-state index is 0.162. The highest BCUT2D eigenvalue weighted by Crippen LogP contribution is 2.35. The second-order valence-electron chi connectivity index (χ2n) is 6.18. The normalized spacial score (nSPS) is 17.3. The number of urea groups is 1. The van der Waals surface area contributed by atoms with E-state index in [1.54, 1.807) is 17.8 Å². The van der Waals surface area contributed by atoms with E-state index < -0.39 is 29.6 Å². The van der Waals surface area contributed by atoms with E-state index in [2.05, 4.69) is 5.32 Å². The van der Waals surface area contributed by atoms with Crippen molar-refractivity contribution in [3.8, 4) is 5.75 Å². The molecule has 28 heavy (non-hydrogen) atoms. The number of halogens is 4. The van der Waals surface area contributed by atoms with E-state index in [0.29, 0.717) is 23.6 Å². The molecule has 4 nitrogen and oxygen atoms in total. The highest BCUT2D eigenvalue weighted by Gasteiger charge is 2.33. The number of carbonyl (C=O) groups excluding carboxylic acids is 1. The molecular formula is C19H18F4N2O2S. The molecule has 2 aromatic carbocycles. The van der Waals surface area contributed by atoms with Crippen LogP contribution in [0.25, 0.3) is 0 Å². The van der Waals surface area contributed by atoms with Crippen molar-refractivity contribution < 1.29 is 27.1 Å². The van der Waals surface area contributed by atoms with Crippen molar-refractivity contribution in [2.24, 2.45) is 0 Å². The number of methoxy groups -OCH3 is 1. The van der Waals surface area contributed by atoms with Crippen LogP contribution < -0.4 is 10.1 Å². The lowest BCUT2D eigenvalue weighted by Crippen LogP contribution is -2.43. The molecule has 1 saturated heterocycles. The van der Waals surface area contributed by atoms with E-state index >= 15 is 0 Å². The summed E-state index contributed by atoms with van der Waals surface area (Å²) in [7, 11) is 1.35. The quantitative estimate of drug-likeness (QED) is 0.704. The number of nitrogens with zero attached hydrogens (tertiary/aromatic N) is 1. The van der Waals surface area contributed by atoms with Crippen molar-refractivity contribution in [1.29, 1.82) is 0 Å². The number of ether oxygens (including phenoxy) is 1. The largest absolute Gasteiger partial charge is 0.494 e. The lowest BCUT2D eigenvalue weighted by Gasteiger charge is -2.36. The first-order chi connectivity index (χ1) is 13.3. The van der Waals surface area contributed by atoms with Crippen molar-refractivity contribution >= 4 is 23.5 Å². The highest BCUT2D eigenvalue weighted by atomic mass is 32.2. The van der Waals surface area contributed by atoms with Gasteiger partial charge >= 0.3 is 12.2 Å². The predicted molar refractivity (Wildman–Crippen MR) is 100 cm³/mol. The van der Waals surface area contributed by atoms with Gasteiger partial charge in [0, 0.05) is 24.1 Å². The zero-order valence-corrected chi connectivity index (χ0v) is 15.7. The minimum atomic E-state index is -4.45. The van der Waals surface area contributed by atoms with Gasteiger partial charge < -0.3 is 15.0 Å². The zero-order chi connectivity index (χ0) is 20.3. The molecule has 0 aromatic heterocycles. The number of alkyl halides is 3. The lowest BCUT2D eigenvalue weighted by atomic mass is 10.0. The van der Waals surface area contributed by atoms with Gasteiger partial charge in [-0.15, -0.1) is 0 Å². The fraction of sp³-hybridized carbons (Fsp3) is 0.316. The van der Waals surface area contributed by atoms with Crippen molar-refractivity contribution in [2.75, 3.05) is 30.5 Å². The Labute approximate surface area is 163 Å². The van der Waals surface area contributed by atoms with Gasteiger partial charge in [0.2, 0.25) is 0 Å². The third kappa shape index (κ3) is 4.52. The summed E-state index contributed by atoms with van der Waals surface area (Å²) in [6.45, 7) is 0.376. The molecule has 0 bridgehead atoms. The van der Waals surface area contributed by atoms with Crippen LogP contribution >= 0.6 is 11.8 Å². The SMILES string of the molecule is COc1cc(F)ccc1NC(=O)N1CCSC[C@H]1c1cccc(C(F)(F)F)c1. The number of thioether (sulfide) groups is 1. The molecule has 150 valence electrons. The van der Waals surface area contributed by atoms with Gasteiger partial charge in [-0.3, -0.25) is 0 Å². The molecular weight excluding hydrogens is 396 g/mol. The van der Waals surface area contributed by atoms with Gasteiger partial charge in [-0.1, -0.05) is 12.1 Å². The second-order valence-corrected chi connectivity index (χ2v) is 7.33. The molecule has 1 N–H and O–H groups in total. The lowest BCUT2D eigenvalue weighted by molar-refractivity contribution is -0.137. The Morgan fingerprint density at radius 3 is 2.75 bits per heavy atom. The number of nitrogens with one attached hydrogen (secondary N) is 1. The number of rotatable bonds is 3. The molecule has 1 aliphatic heterocycles. The zero-order valence-electron chi connectivity index (χ0n) is 14.9. The predicted octanol–water partition coefficient (Wildman–Crippen LogP) is 5.18. The van der Waals surface area contributed by atoms with Crippen molar-refractivity contribution in [1.82, 2.24) is 4.90 Å². The van der Waals surface area contributed by atoms with Gasteiger partial charge in [0.1, 0.15) is 11.6 Å². The Morgan fingerprint density at radius 1 is 1.25 bits per heavy atom. The number of hydrogen-bond acceptors (Lipinski definition) is 3. The topological polar surface area (TPSA) is 41.6 Å². The molecule has 0 radical (unpaired) electrons. The maximum absolute atomic E-state index is 13.3. The molecule has 1 aliphatic rings. The van der Waals surface area contributed by atoms with Crippen LogP contribution in [-0.2, 0) is 6.18 Å². The average Bonchev–Trinajstić information content (AvgIpc) is 2.68. The second kappa shape index (κ2) is 8.30. The fourth-order valence-corrected chi connectivity index (χ4v) is 4.09. The van der Waals surface area contributed by atoms with E-state index in [0.717, 1.165) is 18.2 Å². The van der Waals surface area contributed by atoms with Gasteiger partial charge in [-0.2, -0.15) is 24.9 Å². The maximum atomic E-state index is 13.3. The summed E-state index contributed by atoms with van der Waals surface area (Å²) in [6.07, 6.45) is -4.45. The van der Waals surface area contributed by atoms with E-state index in [1.807, 2.05) is 0 Å². The number of hydrogen-bond donors (Lipinski definition) is 1. The van der Waals surface area contributed by atoms with Crippen LogP contribution in [-0.4, -0.2) is 36.1 Å². The summed E-state index contributed by atoms with van der Waals surface area (Å²) in [5.41, 5.74) is -0.0423. The van der Waals surface area contributed by atoms with Crippen LogP contribution in [0, 0.1) is 5.82 Å². The van der Waals surface area contributed by atoms with Crippen LogP contribution in [0.2, 0.25) is 0 Å². The van der Waals surface area contributed by atoms with Gasteiger partial charge in [0.05, 0.1) is 24.4 Å². The minimum Gasteiger partial charge on any atom is -0.494 e. The van der Waals surface area contributed by atoms with Gasteiger partial charge in [-0.05, 0) is 29.8 Å². The van der Waals surface area contributed by atoms with Crippen molar-refractivity contribution in [3.05, 3.63) is 59.4 Å². The Morgan fingerprint density at radius 2 is 2.04 bits per heavy atom. The van der Waals surface area contributed by atoms with E-state index in [9.17, 15) is 22.4 Å². The first-order valence-corrected chi connectivity index (χ1v) is 9.61. The highest BCUT2D eigenvalue weighted by molar-refractivity contribution is 7.99. The molecule has 0 aliphatic carbocycles. The number of anilines is 1. The third-order valence-corrected chi connectivity index (χ3v) is 5.42. The molecule has 1 heterocycles. The van der Waals surface area contributed by atoms with E-state index in [4.69, 9.17) is 4.74 Å². The average molecular weight is 414 g/mol. The van der Waals surface area contributed by atoms with Crippen molar-refractivity contribution in [3.63, 3.8) is 0 Å². The monoisotopic (exact) mass is 414 g/mol. The van der Waals surface area contributed by atoms with Gasteiger partial charge in [0.25, 0.3) is 0 Å². The van der Waals surface area contributed by atoms with Crippen molar-refractivity contribution in [2.45, 2.75) is 12.2 Å².